The molecular formula is C26H31F5N2OS. The molecule has 0 fully saturated rings. The molecule has 1 N–H and O–H groups in total. The summed E-state index contributed by atoms with van der Waals surface area (Å²) in [6.07, 6.45) is -5.79. The summed E-state index contributed by atoms with van der Waals surface area (Å²) in [5.74, 6) is 0. The van der Waals surface area contributed by atoms with Crippen LogP contribution in [-0.2, 0) is 24.1 Å². The highest BCUT2D eigenvalue weighted by atomic mass is 32.2. The van der Waals surface area contributed by atoms with Gasteiger partial charge >= 0.3 is 6.18 Å². The van der Waals surface area contributed by atoms with E-state index in [1.54, 1.807) is 43.7 Å². The number of rotatable bonds is 6. The number of hydrogen-bond acceptors (Lipinski definition) is 2. The van der Waals surface area contributed by atoms with Gasteiger partial charge in [0.05, 0.1) is 5.56 Å². The van der Waals surface area contributed by atoms with Crippen molar-refractivity contribution in [2.24, 2.45) is 5.41 Å². The van der Waals surface area contributed by atoms with Gasteiger partial charge < -0.3 is 9.12 Å². The van der Waals surface area contributed by atoms with E-state index in [-0.39, 0.29) is 16.5 Å². The Morgan fingerprint density at radius 2 is 1.60 bits per heavy atom. The van der Waals surface area contributed by atoms with Crippen LogP contribution in [0.15, 0.2) is 48.7 Å². The van der Waals surface area contributed by atoms with Gasteiger partial charge in [-0.2, -0.15) is 13.2 Å². The van der Waals surface area contributed by atoms with Crippen LogP contribution >= 0.6 is 0 Å². The summed E-state index contributed by atoms with van der Waals surface area (Å²) >= 11 is -1.75. The molecule has 3 rings (SSSR count). The maximum Gasteiger partial charge on any atom is 0.417 e. The summed E-state index contributed by atoms with van der Waals surface area (Å²) in [6.45, 7) is 11.5. The Morgan fingerprint density at radius 3 is 2.14 bits per heavy atom. The first-order valence-electron chi connectivity index (χ1n) is 11.2. The van der Waals surface area contributed by atoms with Crippen molar-refractivity contribution in [3.63, 3.8) is 0 Å². The highest BCUT2D eigenvalue weighted by molar-refractivity contribution is 7.90. The number of halogens is 5. The van der Waals surface area contributed by atoms with Crippen LogP contribution < -0.4 is 4.72 Å². The van der Waals surface area contributed by atoms with Crippen LogP contribution in [0.4, 0.5) is 22.0 Å². The fourth-order valence-corrected chi connectivity index (χ4v) is 4.72. The third-order valence-corrected chi connectivity index (χ3v) is 7.06. The molecule has 9 heteroatoms. The lowest BCUT2D eigenvalue weighted by molar-refractivity contribution is -0.137. The first-order valence-corrected chi connectivity index (χ1v) is 12.4. The van der Waals surface area contributed by atoms with Crippen molar-refractivity contribution >= 4 is 22.3 Å². The second-order valence-electron chi connectivity index (χ2n) is 10.9. The molecule has 0 radical (unpaired) electrons. The zero-order valence-corrected chi connectivity index (χ0v) is 21.5. The Morgan fingerprint density at radius 1 is 0.971 bits per heavy atom. The van der Waals surface area contributed by atoms with Gasteiger partial charge in [-0.15, -0.1) is 4.72 Å². The molecule has 0 amide bonds. The van der Waals surface area contributed by atoms with Gasteiger partial charge in [-0.3, -0.25) is 0 Å². The molecule has 0 bridgehead atoms. The molecule has 0 aliphatic heterocycles. The molecule has 3 aromatic rings. The molecule has 3 nitrogen and oxygen atoms in total. The molecule has 0 saturated carbocycles. The minimum absolute atomic E-state index is 0.0179. The fourth-order valence-electron chi connectivity index (χ4n) is 3.90. The molecule has 0 aliphatic carbocycles. The summed E-state index contributed by atoms with van der Waals surface area (Å²) in [6, 6.07) is 8.48. The molecule has 2 atom stereocenters. The van der Waals surface area contributed by atoms with Crippen molar-refractivity contribution < 1.29 is 26.5 Å². The van der Waals surface area contributed by atoms with Crippen molar-refractivity contribution in [1.29, 1.82) is 0 Å². The zero-order valence-electron chi connectivity index (χ0n) is 20.6. The van der Waals surface area contributed by atoms with Gasteiger partial charge in [-0.1, -0.05) is 51.1 Å². The Hall–Kier alpha value is -2.10. The molecule has 0 saturated heterocycles. The highest BCUT2D eigenvalue weighted by Crippen LogP contribution is 2.40. The van der Waals surface area contributed by atoms with Gasteiger partial charge in [-0.05, 0) is 49.4 Å². The molecule has 2 unspecified atom stereocenters. The average molecular weight is 515 g/mol. The maximum atomic E-state index is 14.2. The molecule has 1 heterocycles. The van der Waals surface area contributed by atoms with Gasteiger partial charge in [0.15, 0.2) is 0 Å². The molecule has 0 aliphatic rings. The van der Waals surface area contributed by atoms with E-state index in [4.69, 9.17) is 0 Å². The normalized spacial score (nSPS) is 15.1. The quantitative estimate of drug-likeness (QED) is 0.270. The standard InChI is InChI=1S/C26H31F5N2OS/c1-24(2,3)15-33-14-19(22(23(27)28)32-35(34)25(4,5)6)18-12-11-16(13-21(18)33)17-9-7-8-10-20(17)26(29,30)31/h7-14,22-23,32H,15H2,1-6H3. The maximum absolute atomic E-state index is 14.2. The van der Waals surface area contributed by atoms with E-state index in [0.717, 1.165) is 6.07 Å². The lowest BCUT2D eigenvalue weighted by Crippen LogP contribution is -2.43. The summed E-state index contributed by atoms with van der Waals surface area (Å²) in [5, 5.41) is 0.478. The van der Waals surface area contributed by atoms with Crippen molar-refractivity contribution in [3.05, 3.63) is 59.8 Å². The third kappa shape index (κ3) is 6.37. The molecule has 1 aromatic heterocycles. The lowest BCUT2D eigenvalue weighted by atomic mass is 9.96. The summed E-state index contributed by atoms with van der Waals surface area (Å²) in [5.41, 5.74) is 0.159. The molecule has 2 aromatic carbocycles. The van der Waals surface area contributed by atoms with E-state index >= 15 is 0 Å². The number of fused-ring (bicyclic) bond motifs is 1. The van der Waals surface area contributed by atoms with E-state index in [1.165, 1.54) is 24.3 Å². The van der Waals surface area contributed by atoms with E-state index in [0.29, 0.717) is 23.0 Å². The largest absolute Gasteiger partial charge is 0.598 e. The molecular weight excluding hydrogens is 483 g/mol. The van der Waals surface area contributed by atoms with Gasteiger partial charge in [0.2, 0.25) is 0 Å². The van der Waals surface area contributed by atoms with Gasteiger partial charge in [0.1, 0.15) is 10.8 Å². The second-order valence-corrected chi connectivity index (χ2v) is 12.9. The van der Waals surface area contributed by atoms with Gasteiger partial charge in [0, 0.05) is 40.6 Å². The Kier molecular flexibility index (Phi) is 7.65. The van der Waals surface area contributed by atoms with Crippen LogP contribution in [0.3, 0.4) is 0 Å². The summed E-state index contributed by atoms with van der Waals surface area (Å²) < 4.78 is 85.6. The molecule has 35 heavy (non-hydrogen) atoms. The minimum Gasteiger partial charge on any atom is -0.598 e. The Labute approximate surface area is 206 Å². The van der Waals surface area contributed by atoms with Crippen LogP contribution in [0.1, 0.15) is 58.7 Å². The topological polar surface area (TPSA) is 40.0 Å². The van der Waals surface area contributed by atoms with Crippen molar-refractivity contribution in [2.75, 3.05) is 0 Å². The van der Waals surface area contributed by atoms with Crippen LogP contribution in [0.25, 0.3) is 22.0 Å². The number of nitrogens with zero attached hydrogens (tertiary/aromatic N) is 1. The number of alkyl halides is 5. The predicted octanol–water partition coefficient (Wildman–Crippen LogP) is 7.73. The summed E-state index contributed by atoms with van der Waals surface area (Å²) in [7, 11) is 0. The second kappa shape index (κ2) is 9.75. The summed E-state index contributed by atoms with van der Waals surface area (Å²) in [4.78, 5) is 0. The van der Waals surface area contributed by atoms with E-state index in [1.807, 2.05) is 20.8 Å². The molecule has 0 spiro atoms. The monoisotopic (exact) mass is 514 g/mol. The minimum atomic E-state index is -4.54. The smallest absolute Gasteiger partial charge is 0.417 e. The number of benzene rings is 2. The average Bonchev–Trinajstić information content (AvgIpc) is 3.06. The van der Waals surface area contributed by atoms with Gasteiger partial charge in [-0.25, -0.2) is 8.78 Å². The number of nitrogens with one attached hydrogen (secondary N) is 1. The van der Waals surface area contributed by atoms with Crippen molar-refractivity contribution in [2.45, 2.75) is 71.5 Å². The first kappa shape index (κ1) is 27.5. The van der Waals surface area contributed by atoms with Crippen LogP contribution in [0.2, 0.25) is 0 Å². The van der Waals surface area contributed by atoms with Gasteiger partial charge in [0.25, 0.3) is 6.43 Å². The highest BCUT2D eigenvalue weighted by Gasteiger charge is 2.36. The van der Waals surface area contributed by atoms with E-state index in [2.05, 4.69) is 4.72 Å². The predicted molar refractivity (Wildman–Crippen MR) is 132 cm³/mol. The van der Waals surface area contributed by atoms with Crippen molar-refractivity contribution in [1.82, 2.24) is 9.29 Å². The number of hydrogen-bond donors (Lipinski definition) is 1. The molecule has 192 valence electrons. The third-order valence-electron chi connectivity index (χ3n) is 5.48. The fraction of sp³-hybridized carbons (Fsp3) is 0.462. The Bertz CT molecular complexity index is 1180. The van der Waals surface area contributed by atoms with Crippen LogP contribution in [-0.4, -0.2) is 20.3 Å². The first-order chi connectivity index (χ1) is 16.0. The van der Waals surface area contributed by atoms with E-state index < -0.39 is 40.3 Å². The van der Waals surface area contributed by atoms with Crippen molar-refractivity contribution in [3.8, 4) is 11.1 Å². The SMILES string of the molecule is CC(C)(C)Cn1cc(C(N[S+]([O-])C(C)(C)C)C(F)F)c2ccc(-c3ccccc3C(F)(F)F)cc21. The van der Waals surface area contributed by atoms with Crippen LogP contribution in [0.5, 0.6) is 0 Å². The van der Waals surface area contributed by atoms with Crippen LogP contribution in [0, 0.1) is 5.41 Å². The Balaban J connectivity index is 2.21. The zero-order chi connectivity index (χ0) is 26.3. The van der Waals surface area contributed by atoms with E-state index in [9.17, 15) is 26.5 Å². The lowest BCUT2D eigenvalue weighted by Gasteiger charge is -2.27. The number of aromatic nitrogens is 1.